The molecule has 5 heteroatoms. The number of nitrogens with one attached hydrogen (secondary N) is 1. The van der Waals surface area contributed by atoms with Crippen molar-refractivity contribution in [1.82, 2.24) is 5.32 Å². The number of allylic oxidation sites excluding steroid dienone is 6. The third-order valence-corrected chi connectivity index (χ3v) is 3.62. The molecule has 27 heavy (non-hydrogen) atoms. The van der Waals surface area contributed by atoms with Crippen LogP contribution in [0.5, 0.6) is 0 Å². The Labute approximate surface area is 165 Å². The lowest BCUT2D eigenvalue weighted by Gasteiger charge is -1.98. The summed E-state index contributed by atoms with van der Waals surface area (Å²) in [6.45, 7) is 3.57. The number of hydrogen-bond acceptors (Lipinski definition) is 4. The van der Waals surface area contributed by atoms with Gasteiger partial charge in [0.25, 0.3) is 0 Å². The third kappa shape index (κ3) is 32.7. The van der Waals surface area contributed by atoms with Crippen molar-refractivity contribution in [3.05, 3.63) is 36.5 Å². The number of rotatable bonds is 17. The van der Waals surface area contributed by atoms with Crippen LogP contribution in [0.25, 0.3) is 0 Å². The summed E-state index contributed by atoms with van der Waals surface area (Å²) in [5.41, 5.74) is 0. The molecule has 0 spiro atoms. The lowest BCUT2D eigenvalue weighted by atomic mass is 10.1. The smallest absolute Gasteiger partial charge is 0.303 e. The first kappa shape index (κ1) is 27.8. The summed E-state index contributed by atoms with van der Waals surface area (Å²) in [4.78, 5) is 10.3. The molecule has 0 aliphatic rings. The second-order valence-corrected chi connectivity index (χ2v) is 6.19. The SMILES string of the molecule is CC/C=C\C/C=C\C/C=C\CCCCCCCC(=O)O.OCCNCCO. The molecule has 0 aromatic heterocycles. The van der Waals surface area contributed by atoms with Gasteiger partial charge in [-0.05, 0) is 38.5 Å². The molecule has 0 aliphatic carbocycles. The Morgan fingerprint density at radius 2 is 1.30 bits per heavy atom. The minimum atomic E-state index is -0.675. The van der Waals surface area contributed by atoms with E-state index in [-0.39, 0.29) is 13.2 Å². The fourth-order valence-electron chi connectivity index (χ4n) is 2.18. The highest BCUT2D eigenvalue weighted by molar-refractivity contribution is 5.66. The molecular formula is C22H41NO4. The van der Waals surface area contributed by atoms with E-state index in [9.17, 15) is 4.79 Å². The van der Waals surface area contributed by atoms with E-state index < -0.39 is 5.97 Å². The maximum Gasteiger partial charge on any atom is 0.303 e. The zero-order valence-electron chi connectivity index (χ0n) is 17.1. The van der Waals surface area contributed by atoms with E-state index in [2.05, 4.69) is 48.7 Å². The molecule has 0 unspecified atom stereocenters. The van der Waals surface area contributed by atoms with E-state index >= 15 is 0 Å². The van der Waals surface area contributed by atoms with Gasteiger partial charge < -0.3 is 20.6 Å². The number of carboxylic acid groups (broad SMARTS) is 1. The van der Waals surface area contributed by atoms with Gasteiger partial charge in [0, 0.05) is 19.5 Å². The van der Waals surface area contributed by atoms with Crippen molar-refractivity contribution < 1.29 is 20.1 Å². The number of unbranched alkanes of at least 4 members (excludes halogenated alkanes) is 5. The topological polar surface area (TPSA) is 89.8 Å². The second-order valence-electron chi connectivity index (χ2n) is 6.19. The Bertz CT molecular complexity index is 375. The van der Waals surface area contributed by atoms with Gasteiger partial charge in [-0.25, -0.2) is 0 Å². The first-order valence-electron chi connectivity index (χ1n) is 10.3. The van der Waals surface area contributed by atoms with Crippen LogP contribution in [0.4, 0.5) is 0 Å². The molecule has 0 rings (SSSR count). The minimum Gasteiger partial charge on any atom is -0.481 e. The lowest BCUT2D eigenvalue weighted by molar-refractivity contribution is -0.137. The predicted octanol–water partition coefficient (Wildman–Crippen LogP) is 4.22. The monoisotopic (exact) mass is 383 g/mol. The van der Waals surface area contributed by atoms with Crippen LogP contribution in [0.3, 0.4) is 0 Å². The van der Waals surface area contributed by atoms with Crippen molar-refractivity contribution in [2.24, 2.45) is 0 Å². The number of aliphatic carboxylic acids is 1. The Morgan fingerprint density at radius 3 is 1.85 bits per heavy atom. The molecule has 0 aliphatic heterocycles. The van der Waals surface area contributed by atoms with Gasteiger partial charge in [-0.1, -0.05) is 62.6 Å². The second kappa shape index (κ2) is 26.8. The van der Waals surface area contributed by atoms with Crippen LogP contribution in [-0.4, -0.2) is 47.6 Å². The van der Waals surface area contributed by atoms with E-state index in [0.29, 0.717) is 19.5 Å². The molecule has 158 valence electrons. The van der Waals surface area contributed by atoms with Gasteiger partial charge in [-0.15, -0.1) is 0 Å². The van der Waals surface area contributed by atoms with Gasteiger partial charge in [0.2, 0.25) is 0 Å². The molecule has 0 atom stereocenters. The van der Waals surface area contributed by atoms with Gasteiger partial charge >= 0.3 is 5.97 Å². The average molecular weight is 384 g/mol. The third-order valence-electron chi connectivity index (χ3n) is 3.62. The summed E-state index contributed by atoms with van der Waals surface area (Å²) in [6.07, 6.45) is 23.4. The normalized spacial score (nSPS) is 11.4. The largest absolute Gasteiger partial charge is 0.481 e. The molecule has 0 aromatic carbocycles. The Balaban J connectivity index is 0. The van der Waals surface area contributed by atoms with Crippen LogP contribution in [0.1, 0.15) is 71.1 Å². The molecule has 0 radical (unpaired) electrons. The van der Waals surface area contributed by atoms with Crippen molar-refractivity contribution in [3.8, 4) is 0 Å². The quantitative estimate of drug-likeness (QED) is 0.223. The maximum atomic E-state index is 10.3. The fraction of sp³-hybridized carbons (Fsp3) is 0.682. The first-order valence-corrected chi connectivity index (χ1v) is 10.3. The van der Waals surface area contributed by atoms with Crippen LogP contribution in [0, 0.1) is 0 Å². The molecule has 0 fully saturated rings. The Hall–Kier alpha value is -1.43. The summed E-state index contributed by atoms with van der Waals surface area (Å²) in [5.74, 6) is -0.675. The van der Waals surface area contributed by atoms with E-state index in [1.807, 2.05) is 0 Å². The number of aliphatic hydroxyl groups is 2. The molecule has 4 N–H and O–H groups in total. The van der Waals surface area contributed by atoms with Crippen LogP contribution in [-0.2, 0) is 4.79 Å². The van der Waals surface area contributed by atoms with E-state index in [1.165, 1.54) is 12.8 Å². The molecule has 5 nitrogen and oxygen atoms in total. The zero-order chi connectivity index (χ0) is 20.4. The molecular weight excluding hydrogens is 342 g/mol. The minimum absolute atomic E-state index is 0.139. The van der Waals surface area contributed by atoms with E-state index in [1.54, 1.807) is 0 Å². The van der Waals surface area contributed by atoms with Crippen molar-refractivity contribution in [2.45, 2.75) is 71.1 Å². The van der Waals surface area contributed by atoms with E-state index in [0.717, 1.165) is 44.9 Å². The molecule has 0 heterocycles. The molecule has 0 saturated carbocycles. The van der Waals surface area contributed by atoms with Gasteiger partial charge in [0.05, 0.1) is 13.2 Å². The van der Waals surface area contributed by atoms with Crippen LogP contribution >= 0.6 is 0 Å². The molecule has 0 bridgehead atoms. The number of hydrogen-bond donors (Lipinski definition) is 4. The lowest BCUT2D eigenvalue weighted by Crippen LogP contribution is -2.21. The van der Waals surface area contributed by atoms with Crippen molar-refractivity contribution in [2.75, 3.05) is 26.3 Å². The van der Waals surface area contributed by atoms with Gasteiger partial charge in [0.1, 0.15) is 0 Å². The number of carboxylic acids is 1. The number of carbonyl (C=O) groups is 1. The predicted molar refractivity (Wildman–Crippen MR) is 114 cm³/mol. The summed E-state index contributed by atoms with van der Waals surface area (Å²) >= 11 is 0. The summed E-state index contributed by atoms with van der Waals surface area (Å²) < 4.78 is 0. The van der Waals surface area contributed by atoms with Crippen LogP contribution < -0.4 is 5.32 Å². The van der Waals surface area contributed by atoms with Crippen LogP contribution in [0.15, 0.2) is 36.5 Å². The van der Waals surface area contributed by atoms with Crippen molar-refractivity contribution in [3.63, 3.8) is 0 Å². The van der Waals surface area contributed by atoms with Gasteiger partial charge in [0.15, 0.2) is 0 Å². The van der Waals surface area contributed by atoms with Crippen molar-refractivity contribution in [1.29, 1.82) is 0 Å². The van der Waals surface area contributed by atoms with Crippen molar-refractivity contribution >= 4 is 5.97 Å². The first-order chi connectivity index (χ1) is 13.2. The highest BCUT2D eigenvalue weighted by Crippen LogP contribution is 2.07. The summed E-state index contributed by atoms with van der Waals surface area (Å²) in [6, 6.07) is 0. The van der Waals surface area contributed by atoms with Crippen LogP contribution in [0.2, 0.25) is 0 Å². The Morgan fingerprint density at radius 1 is 0.778 bits per heavy atom. The number of aliphatic hydroxyl groups excluding tert-OH is 2. The highest BCUT2D eigenvalue weighted by Gasteiger charge is 1.95. The van der Waals surface area contributed by atoms with Gasteiger partial charge in [-0.2, -0.15) is 0 Å². The Kier molecular flexibility index (Phi) is 27.6. The van der Waals surface area contributed by atoms with Gasteiger partial charge in [-0.3, -0.25) is 4.79 Å². The standard InChI is InChI=1S/C18H30O2.C4H11NO2/c1-2-3-4-5-6-7-8-9-10-11-12-13-14-15-16-17-18(19)20;6-3-1-5-2-4-7/h3-4,6-7,9-10H,2,5,8,11-17H2,1H3,(H,19,20);5-7H,1-4H2/b4-3-,7-6-,10-9-;. The van der Waals surface area contributed by atoms with E-state index in [4.69, 9.17) is 15.3 Å². The fourth-order valence-corrected chi connectivity index (χ4v) is 2.18. The summed E-state index contributed by atoms with van der Waals surface area (Å²) in [7, 11) is 0. The summed E-state index contributed by atoms with van der Waals surface area (Å²) in [5, 5.41) is 27.6. The zero-order valence-corrected chi connectivity index (χ0v) is 17.1. The highest BCUT2D eigenvalue weighted by atomic mass is 16.4. The molecule has 0 saturated heterocycles. The molecule has 0 aromatic rings. The average Bonchev–Trinajstić information content (AvgIpc) is 2.65. The maximum absolute atomic E-state index is 10.3. The molecule has 0 amide bonds.